The summed E-state index contributed by atoms with van der Waals surface area (Å²) >= 11 is 0. The molecule has 4 aromatic rings. The Morgan fingerprint density at radius 1 is 0.758 bits per heavy atom. The predicted molar refractivity (Wildman–Crippen MR) is 132 cm³/mol. The van der Waals surface area contributed by atoms with Gasteiger partial charge < -0.3 is 10.1 Å². The molecule has 0 fully saturated rings. The summed E-state index contributed by atoms with van der Waals surface area (Å²) in [6.45, 7) is 2.00. The Kier molecular flexibility index (Phi) is 6.65. The van der Waals surface area contributed by atoms with Crippen LogP contribution in [0.25, 0.3) is 22.3 Å². The zero-order valence-electron chi connectivity index (χ0n) is 18.7. The van der Waals surface area contributed by atoms with Crippen molar-refractivity contribution in [1.29, 1.82) is 0 Å². The molecule has 0 unspecified atom stereocenters. The minimum Gasteiger partial charge on any atom is -0.497 e. The summed E-state index contributed by atoms with van der Waals surface area (Å²) in [5.74, 6) is -0.440. The lowest BCUT2D eigenvalue weighted by molar-refractivity contribution is -0.134. The van der Waals surface area contributed by atoms with Gasteiger partial charge in [-0.15, -0.1) is 0 Å². The van der Waals surface area contributed by atoms with Gasteiger partial charge in [0.05, 0.1) is 7.11 Å². The average molecular weight is 436 g/mol. The van der Waals surface area contributed by atoms with Crippen LogP contribution in [0.5, 0.6) is 5.75 Å². The van der Waals surface area contributed by atoms with Gasteiger partial charge in [0, 0.05) is 17.7 Å². The largest absolute Gasteiger partial charge is 0.497 e. The van der Waals surface area contributed by atoms with Gasteiger partial charge in [-0.2, -0.15) is 0 Å². The molecule has 1 N–H and O–H groups in total. The van der Waals surface area contributed by atoms with E-state index in [1.165, 1.54) is 0 Å². The third kappa shape index (κ3) is 5.18. The molecule has 0 saturated heterocycles. The number of benzene rings is 4. The molecule has 0 bridgehead atoms. The minimum absolute atomic E-state index is 0.00735. The van der Waals surface area contributed by atoms with Gasteiger partial charge in [0.1, 0.15) is 5.75 Å². The summed E-state index contributed by atoms with van der Waals surface area (Å²) in [6, 6.07) is 30.9. The van der Waals surface area contributed by atoms with Gasteiger partial charge in [0.2, 0.25) is 5.78 Å². The molecule has 4 heteroatoms. The molecular formula is C29H25NO3. The van der Waals surface area contributed by atoms with Gasteiger partial charge in [-0.25, -0.2) is 0 Å². The van der Waals surface area contributed by atoms with Crippen molar-refractivity contribution in [3.05, 3.63) is 108 Å². The summed E-state index contributed by atoms with van der Waals surface area (Å²) < 4.78 is 5.36. The highest BCUT2D eigenvalue weighted by molar-refractivity contribution is 6.41. The highest BCUT2D eigenvalue weighted by atomic mass is 16.5. The zero-order chi connectivity index (χ0) is 23.2. The lowest BCUT2D eigenvalue weighted by Crippen LogP contribution is -2.25. The second-order valence-corrected chi connectivity index (χ2v) is 7.86. The van der Waals surface area contributed by atoms with Crippen LogP contribution < -0.4 is 10.1 Å². The van der Waals surface area contributed by atoms with Crippen LogP contribution in [-0.4, -0.2) is 18.8 Å². The van der Waals surface area contributed by atoms with E-state index < -0.39 is 11.7 Å². The lowest BCUT2D eigenvalue weighted by Gasteiger charge is -2.14. The van der Waals surface area contributed by atoms with Crippen molar-refractivity contribution in [3.63, 3.8) is 0 Å². The van der Waals surface area contributed by atoms with Crippen LogP contribution >= 0.6 is 0 Å². The molecule has 33 heavy (non-hydrogen) atoms. The highest BCUT2D eigenvalue weighted by Gasteiger charge is 2.19. The van der Waals surface area contributed by atoms with Crippen LogP contribution in [0, 0.1) is 6.92 Å². The Bertz CT molecular complexity index is 1280. The van der Waals surface area contributed by atoms with Gasteiger partial charge in [0.15, 0.2) is 0 Å². The van der Waals surface area contributed by atoms with E-state index in [1.54, 1.807) is 13.2 Å². The quantitative estimate of drug-likeness (QED) is 0.358. The van der Waals surface area contributed by atoms with Crippen LogP contribution in [0.2, 0.25) is 0 Å². The number of carbonyl (C=O) groups excluding carboxylic acids is 2. The van der Waals surface area contributed by atoms with Crippen LogP contribution in [0.4, 0.5) is 5.69 Å². The normalized spacial score (nSPS) is 10.5. The van der Waals surface area contributed by atoms with E-state index in [1.807, 2.05) is 97.9 Å². The van der Waals surface area contributed by atoms with Crippen molar-refractivity contribution < 1.29 is 14.3 Å². The molecule has 0 aliphatic rings. The number of rotatable bonds is 7. The fourth-order valence-electron chi connectivity index (χ4n) is 3.79. The fourth-order valence-corrected chi connectivity index (χ4v) is 3.79. The molecule has 0 saturated carbocycles. The summed E-state index contributed by atoms with van der Waals surface area (Å²) in [5.41, 5.74) is 6.15. The summed E-state index contributed by atoms with van der Waals surface area (Å²) in [6.07, 6.45) is -0.00735. The van der Waals surface area contributed by atoms with Crippen molar-refractivity contribution >= 4 is 17.4 Å². The molecule has 0 aliphatic carbocycles. The Hall–Kier alpha value is -4.18. The number of ketones is 1. The van der Waals surface area contributed by atoms with Crippen molar-refractivity contribution in [1.82, 2.24) is 0 Å². The Morgan fingerprint density at radius 3 is 2.03 bits per heavy atom. The van der Waals surface area contributed by atoms with E-state index in [0.717, 1.165) is 33.4 Å². The first kappa shape index (κ1) is 22.0. The van der Waals surface area contributed by atoms with Gasteiger partial charge in [-0.1, -0.05) is 78.4 Å². The van der Waals surface area contributed by atoms with Gasteiger partial charge >= 0.3 is 0 Å². The Labute approximate surface area is 193 Å². The molecule has 4 rings (SSSR count). The molecular weight excluding hydrogens is 410 g/mol. The number of nitrogens with one attached hydrogen (secondary N) is 1. The lowest BCUT2D eigenvalue weighted by atomic mass is 9.95. The molecule has 0 atom stereocenters. The van der Waals surface area contributed by atoms with Crippen LogP contribution in [0.1, 0.15) is 11.1 Å². The van der Waals surface area contributed by atoms with E-state index in [4.69, 9.17) is 4.74 Å². The van der Waals surface area contributed by atoms with Gasteiger partial charge in [-0.05, 0) is 53.4 Å². The zero-order valence-corrected chi connectivity index (χ0v) is 18.7. The molecule has 0 radical (unpaired) electrons. The number of carbonyl (C=O) groups is 2. The summed E-state index contributed by atoms with van der Waals surface area (Å²) in [5, 5.41) is 2.82. The van der Waals surface area contributed by atoms with Gasteiger partial charge in [0.25, 0.3) is 5.91 Å². The highest BCUT2D eigenvalue weighted by Crippen LogP contribution is 2.30. The SMILES string of the molecule is COc1ccc(CC(=O)C(=O)Nc2ccc(C)cc2-c2ccccc2)c(-c2ccccc2)c1. The maximum atomic E-state index is 12.9. The van der Waals surface area contributed by atoms with E-state index in [2.05, 4.69) is 5.32 Å². The molecule has 0 spiro atoms. The molecule has 0 aromatic heterocycles. The monoisotopic (exact) mass is 435 g/mol. The molecule has 4 nitrogen and oxygen atoms in total. The third-order valence-electron chi connectivity index (χ3n) is 5.51. The van der Waals surface area contributed by atoms with Crippen molar-refractivity contribution in [2.45, 2.75) is 13.3 Å². The number of hydrogen-bond donors (Lipinski definition) is 1. The van der Waals surface area contributed by atoms with E-state index in [-0.39, 0.29) is 6.42 Å². The smallest absolute Gasteiger partial charge is 0.292 e. The molecule has 164 valence electrons. The average Bonchev–Trinajstić information content (AvgIpc) is 2.86. The molecule has 0 aliphatic heterocycles. The van der Waals surface area contributed by atoms with Crippen molar-refractivity contribution in [3.8, 4) is 28.0 Å². The van der Waals surface area contributed by atoms with Crippen molar-refractivity contribution in [2.24, 2.45) is 0 Å². The first-order valence-corrected chi connectivity index (χ1v) is 10.8. The summed E-state index contributed by atoms with van der Waals surface area (Å²) in [4.78, 5) is 25.8. The van der Waals surface area contributed by atoms with E-state index in [9.17, 15) is 9.59 Å². The predicted octanol–water partition coefficient (Wildman–Crippen LogP) is 6.09. The second kappa shape index (κ2) is 9.96. The number of amides is 1. The molecule has 1 amide bonds. The number of anilines is 1. The first-order chi connectivity index (χ1) is 16.0. The van der Waals surface area contributed by atoms with Gasteiger partial charge in [-0.3, -0.25) is 9.59 Å². The number of Topliss-reactive ketones (excluding diaryl/α,β-unsaturated/α-hetero) is 1. The molecule has 0 heterocycles. The van der Waals surface area contributed by atoms with Crippen LogP contribution in [0.3, 0.4) is 0 Å². The maximum Gasteiger partial charge on any atom is 0.292 e. The Balaban J connectivity index is 1.58. The van der Waals surface area contributed by atoms with E-state index in [0.29, 0.717) is 11.4 Å². The minimum atomic E-state index is -0.633. The third-order valence-corrected chi connectivity index (χ3v) is 5.51. The van der Waals surface area contributed by atoms with Crippen LogP contribution in [-0.2, 0) is 16.0 Å². The van der Waals surface area contributed by atoms with E-state index >= 15 is 0 Å². The van der Waals surface area contributed by atoms with Crippen molar-refractivity contribution in [2.75, 3.05) is 12.4 Å². The topological polar surface area (TPSA) is 55.4 Å². The second-order valence-electron chi connectivity index (χ2n) is 7.86. The first-order valence-electron chi connectivity index (χ1n) is 10.8. The Morgan fingerprint density at radius 2 is 1.39 bits per heavy atom. The summed E-state index contributed by atoms with van der Waals surface area (Å²) in [7, 11) is 1.61. The fraction of sp³-hybridized carbons (Fsp3) is 0.103. The molecule has 4 aromatic carbocycles. The standard InChI is InChI=1S/C29H25NO3/c1-20-13-16-27(26(17-20)22-11-7-4-8-12-22)30-29(32)28(31)18-23-14-15-24(33-2)19-25(23)21-9-5-3-6-10-21/h3-17,19H,18H2,1-2H3,(H,30,32). The number of hydrogen-bond acceptors (Lipinski definition) is 3. The number of ether oxygens (including phenoxy) is 1. The number of methoxy groups -OCH3 is 1. The van der Waals surface area contributed by atoms with Crippen LogP contribution in [0.15, 0.2) is 97.1 Å². The maximum absolute atomic E-state index is 12.9. The number of aryl methyl sites for hydroxylation is 1.